The van der Waals surface area contributed by atoms with Gasteiger partial charge in [-0.3, -0.25) is 4.79 Å². The second-order valence-electron chi connectivity index (χ2n) is 3.23. The molecule has 1 amide bonds. The van der Waals surface area contributed by atoms with E-state index in [9.17, 15) is 4.79 Å². The first-order chi connectivity index (χ1) is 7.16. The van der Waals surface area contributed by atoms with E-state index in [-0.39, 0.29) is 6.79 Å². The second kappa shape index (κ2) is 3.78. The molecule has 0 spiro atoms. The van der Waals surface area contributed by atoms with Crippen molar-refractivity contribution in [3.05, 3.63) is 18.2 Å². The van der Waals surface area contributed by atoms with E-state index in [0.717, 1.165) is 0 Å². The van der Waals surface area contributed by atoms with Crippen LogP contribution in [0.2, 0.25) is 0 Å². The molecule has 2 N–H and O–H groups in total. The Hall–Kier alpha value is -1.75. The number of amides is 1. The quantitative estimate of drug-likeness (QED) is 0.753. The molecule has 1 aromatic carbocycles. The summed E-state index contributed by atoms with van der Waals surface area (Å²) in [6, 6.07) is 5.05. The van der Waals surface area contributed by atoms with Gasteiger partial charge in [-0.2, -0.15) is 0 Å². The normalized spacial score (nSPS) is 14.8. The van der Waals surface area contributed by atoms with Crippen molar-refractivity contribution in [3.63, 3.8) is 0 Å². The summed E-state index contributed by atoms with van der Waals surface area (Å²) in [6.07, 6.45) is -1.03. The standard InChI is InChI=1S/C10H11NO4/c1-6(12)10(13)11-7-2-3-8-9(4-7)15-5-14-8/h2-4,6,12H,5H2,1H3,(H,11,13)/t6-/m0/s1. The second-order valence-corrected chi connectivity index (χ2v) is 3.23. The van der Waals surface area contributed by atoms with Crippen LogP contribution in [-0.4, -0.2) is 23.9 Å². The third-order valence-electron chi connectivity index (χ3n) is 2.02. The maximum Gasteiger partial charge on any atom is 0.252 e. The van der Waals surface area contributed by atoms with Crippen LogP contribution in [0.1, 0.15) is 6.92 Å². The number of aliphatic hydroxyl groups excluding tert-OH is 1. The number of aliphatic hydroxyl groups is 1. The van der Waals surface area contributed by atoms with E-state index in [0.29, 0.717) is 17.2 Å². The van der Waals surface area contributed by atoms with E-state index in [4.69, 9.17) is 14.6 Å². The van der Waals surface area contributed by atoms with Crippen LogP contribution in [0.4, 0.5) is 5.69 Å². The zero-order valence-electron chi connectivity index (χ0n) is 8.19. The molecule has 5 nitrogen and oxygen atoms in total. The Labute approximate surface area is 86.6 Å². The molecule has 2 rings (SSSR count). The van der Waals surface area contributed by atoms with E-state index in [2.05, 4.69) is 5.32 Å². The number of hydrogen-bond acceptors (Lipinski definition) is 4. The van der Waals surface area contributed by atoms with E-state index < -0.39 is 12.0 Å². The molecular weight excluding hydrogens is 198 g/mol. The fourth-order valence-electron chi connectivity index (χ4n) is 1.22. The largest absolute Gasteiger partial charge is 0.454 e. The van der Waals surface area contributed by atoms with Crippen LogP contribution in [0.15, 0.2) is 18.2 Å². The SMILES string of the molecule is C[C@H](O)C(=O)Nc1ccc2c(c1)OCO2. The first-order valence-corrected chi connectivity index (χ1v) is 4.55. The number of nitrogens with one attached hydrogen (secondary N) is 1. The number of benzene rings is 1. The van der Waals surface area contributed by atoms with Gasteiger partial charge in [0.1, 0.15) is 6.10 Å². The van der Waals surface area contributed by atoms with Gasteiger partial charge in [0, 0.05) is 11.8 Å². The number of carbonyl (C=O) groups is 1. The fourth-order valence-corrected chi connectivity index (χ4v) is 1.22. The smallest absolute Gasteiger partial charge is 0.252 e. The number of fused-ring (bicyclic) bond motifs is 1. The van der Waals surface area contributed by atoms with E-state index in [1.54, 1.807) is 18.2 Å². The molecule has 1 atom stereocenters. The molecule has 1 heterocycles. The molecule has 0 unspecified atom stereocenters. The Kier molecular flexibility index (Phi) is 2.47. The number of ether oxygens (including phenoxy) is 2. The van der Waals surface area contributed by atoms with Gasteiger partial charge < -0.3 is 19.9 Å². The van der Waals surface area contributed by atoms with E-state index in [1.165, 1.54) is 6.92 Å². The average Bonchev–Trinajstić information content (AvgIpc) is 2.64. The summed E-state index contributed by atoms with van der Waals surface area (Å²) >= 11 is 0. The van der Waals surface area contributed by atoms with Crippen LogP contribution in [0.3, 0.4) is 0 Å². The van der Waals surface area contributed by atoms with Crippen molar-refractivity contribution >= 4 is 11.6 Å². The molecule has 0 fully saturated rings. The third-order valence-corrected chi connectivity index (χ3v) is 2.02. The van der Waals surface area contributed by atoms with Gasteiger partial charge in [-0.1, -0.05) is 0 Å². The summed E-state index contributed by atoms with van der Waals surface area (Å²) in [4.78, 5) is 11.2. The molecule has 0 radical (unpaired) electrons. The maximum absolute atomic E-state index is 11.2. The Bertz CT molecular complexity index is 389. The van der Waals surface area contributed by atoms with Gasteiger partial charge in [0.15, 0.2) is 11.5 Å². The molecule has 0 aromatic heterocycles. The molecule has 1 aliphatic rings. The van der Waals surface area contributed by atoms with Crippen LogP contribution >= 0.6 is 0 Å². The molecule has 15 heavy (non-hydrogen) atoms. The number of carbonyl (C=O) groups excluding carboxylic acids is 1. The Morgan fingerprint density at radius 3 is 2.93 bits per heavy atom. The van der Waals surface area contributed by atoms with Crippen molar-refractivity contribution in [1.29, 1.82) is 0 Å². The van der Waals surface area contributed by atoms with Gasteiger partial charge >= 0.3 is 0 Å². The molecule has 80 valence electrons. The minimum Gasteiger partial charge on any atom is -0.454 e. The lowest BCUT2D eigenvalue weighted by Gasteiger charge is -2.07. The van der Waals surface area contributed by atoms with E-state index in [1.807, 2.05) is 0 Å². The first kappa shape index (κ1) is 9.79. The summed E-state index contributed by atoms with van der Waals surface area (Å²) in [5.74, 6) is 0.803. The fraction of sp³-hybridized carbons (Fsp3) is 0.300. The summed E-state index contributed by atoms with van der Waals surface area (Å²) in [5.41, 5.74) is 0.574. The van der Waals surface area contributed by atoms with Crippen LogP contribution in [-0.2, 0) is 4.79 Å². The molecular formula is C10H11NO4. The van der Waals surface area contributed by atoms with Gasteiger partial charge in [0.05, 0.1) is 0 Å². The molecule has 1 aromatic rings. The monoisotopic (exact) mass is 209 g/mol. The Balaban J connectivity index is 2.13. The molecule has 0 bridgehead atoms. The molecule has 0 saturated heterocycles. The van der Waals surface area contributed by atoms with Gasteiger partial charge in [0.25, 0.3) is 5.91 Å². The van der Waals surface area contributed by atoms with Crippen molar-refractivity contribution < 1.29 is 19.4 Å². The van der Waals surface area contributed by atoms with Gasteiger partial charge in [-0.05, 0) is 19.1 Å². The minimum absolute atomic E-state index is 0.198. The highest BCUT2D eigenvalue weighted by Gasteiger charge is 2.15. The highest BCUT2D eigenvalue weighted by atomic mass is 16.7. The molecule has 0 saturated carbocycles. The number of anilines is 1. The topological polar surface area (TPSA) is 67.8 Å². The minimum atomic E-state index is -1.03. The maximum atomic E-state index is 11.2. The molecule has 0 aliphatic carbocycles. The van der Waals surface area contributed by atoms with Crippen molar-refractivity contribution in [3.8, 4) is 11.5 Å². The zero-order valence-corrected chi connectivity index (χ0v) is 8.19. The third kappa shape index (κ3) is 2.02. The summed E-state index contributed by atoms with van der Waals surface area (Å²) in [7, 11) is 0. The highest BCUT2D eigenvalue weighted by molar-refractivity contribution is 5.93. The Morgan fingerprint density at radius 2 is 2.20 bits per heavy atom. The van der Waals surface area contributed by atoms with Crippen molar-refractivity contribution in [2.45, 2.75) is 13.0 Å². The van der Waals surface area contributed by atoms with Gasteiger partial charge in [-0.15, -0.1) is 0 Å². The van der Waals surface area contributed by atoms with Crippen molar-refractivity contribution in [2.75, 3.05) is 12.1 Å². The van der Waals surface area contributed by atoms with Crippen LogP contribution in [0.5, 0.6) is 11.5 Å². The van der Waals surface area contributed by atoms with Gasteiger partial charge in [0.2, 0.25) is 6.79 Å². The lowest BCUT2D eigenvalue weighted by atomic mass is 10.2. The van der Waals surface area contributed by atoms with E-state index >= 15 is 0 Å². The predicted octanol–water partition coefficient (Wildman–Crippen LogP) is 0.735. The average molecular weight is 209 g/mol. The van der Waals surface area contributed by atoms with Gasteiger partial charge in [-0.25, -0.2) is 0 Å². The number of hydrogen-bond donors (Lipinski definition) is 2. The lowest BCUT2D eigenvalue weighted by molar-refractivity contribution is -0.123. The predicted molar refractivity (Wildman–Crippen MR) is 52.9 cm³/mol. The summed E-state index contributed by atoms with van der Waals surface area (Å²) in [6.45, 7) is 1.60. The number of rotatable bonds is 2. The first-order valence-electron chi connectivity index (χ1n) is 4.55. The molecule has 1 aliphatic heterocycles. The van der Waals surface area contributed by atoms with Crippen molar-refractivity contribution in [2.24, 2.45) is 0 Å². The lowest BCUT2D eigenvalue weighted by Crippen LogP contribution is -2.24. The molecule has 5 heteroatoms. The highest BCUT2D eigenvalue weighted by Crippen LogP contribution is 2.34. The van der Waals surface area contributed by atoms with Crippen LogP contribution in [0, 0.1) is 0 Å². The summed E-state index contributed by atoms with van der Waals surface area (Å²) in [5, 5.41) is 11.6. The van der Waals surface area contributed by atoms with Crippen molar-refractivity contribution in [1.82, 2.24) is 0 Å². The Morgan fingerprint density at radius 1 is 1.47 bits per heavy atom. The van der Waals surface area contributed by atoms with Crippen LogP contribution in [0.25, 0.3) is 0 Å². The van der Waals surface area contributed by atoms with Crippen LogP contribution < -0.4 is 14.8 Å². The summed E-state index contributed by atoms with van der Waals surface area (Å²) < 4.78 is 10.3. The zero-order chi connectivity index (χ0) is 10.8.